The maximum Gasteiger partial charge on any atom is 0.131 e. The van der Waals surface area contributed by atoms with Gasteiger partial charge in [-0.1, -0.05) is 24.3 Å². The molecule has 3 aromatic rings. The second-order valence-corrected chi connectivity index (χ2v) is 5.04. The van der Waals surface area contributed by atoms with Crippen LogP contribution in [0.5, 0.6) is 0 Å². The van der Waals surface area contributed by atoms with Gasteiger partial charge in [0, 0.05) is 7.05 Å². The van der Waals surface area contributed by atoms with E-state index in [0.29, 0.717) is 5.56 Å². The van der Waals surface area contributed by atoms with Crippen LogP contribution in [0.3, 0.4) is 0 Å². The molecule has 4 nitrogen and oxygen atoms in total. The molecule has 0 bridgehead atoms. The maximum atomic E-state index is 9.16. The van der Waals surface area contributed by atoms with Crippen molar-refractivity contribution < 1.29 is 0 Å². The van der Waals surface area contributed by atoms with E-state index in [1.807, 2.05) is 49.5 Å². The molecule has 1 unspecified atom stereocenters. The average Bonchev–Trinajstić information content (AvgIpc) is 2.85. The van der Waals surface area contributed by atoms with E-state index in [4.69, 9.17) is 5.26 Å². The van der Waals surface area contributed by atoms with Gasteiger partial charge in [0.1, 0.15) is 11.9 Å². The van der Waals surface area contributed by atoms with Crippen molar-refractivity contribution in [2.45, 2.75) is 13.0 Å². The van der Waals surface area contributed by atoms with Crippen molar-refractivity contribution in [3.05, 3.63) is 59.9 Å². The van der Waals surface area contributed by atoms with Crippen molar-refractivity contribution >= 4 is 16.7 Å². The predicted molar refractivity (Wildman–Crippen MR) is 83.9 cm³/mol. The molecule has 104 valence electrons. The lowest BCUT2D eigenvalue weighted by molar-refractivity contribution is 0.733. The fourth-order valence-electron chi connectivity index (χ4n) is 2.56. The molecule has 4 heteroatoms. The topological polar surface area (TPSA) is 53.6 Å². The fourth-order valence-corrected chi connectivity index (χ4v) is 2.56. The number of para-hydroxylation sites is 3. The van der Waals surface area contributed by atoms with E-state index in [2.05, 4.69) is 33.9 Å². The number of hydrogen-bond acceptors (Lipinski definition) is 3. The van der Waals surface area contributed by atoms with Crippen LogP contribution >= 0.6 is 0 Å². The first kappa shape index (κ1) is 13.2. The molecule has 21 heavy (non-hydrogen) atoms. The van der Waals surface area contributed by atoms with Crippen LogP contribution in [0.2, 0.25) is 0 Å². The van der Waals surface area contributed by atoms with Crippen molar-refractivity contribution in [3.63, 3.8) is 0 Å². The molecule has 0 spiro atoms. The van der Waals surface area contributed by atoms with Crippen LogP contribution in [0.25, 0.3) is 11.0 Å². The third-order valence-electron chi connectivity index (χ3n) is 3.63. The minimum Gasteiger partial charge on any atom is -0.374 e. The Bertz CT molecular complexity index is 826. The summed E-state index contributed by atoms with van der Waals surface area (Å²) < 4.78 is 2.09. The number of nitrogens with zero attached hydrogens (tertiary/aromatic N) is 3. The number of imidazole rings is 1. The van der Waals surface area contributed by atoms with Crippen molar-refractivity contribution in [2.75, 3.05) is 5.32 Å². The predicted octanol–water partition coefficient (Wildman–Crippen LogP) is 3.62. The molecule has 0 aliphatic heterocycles. The van der Waals surface area contributed by atoms with Gasteiger partial charge in [0.2, 0.25) is 0 Å². The van der Waals surface area contributed by atoms with Crippen LogP contribution in [0.4, 0.5) is 5.69 Å². The number of aromatic nitrogens is 2. The molecule has 0 saturated heterocycles. The van der Waals surface area contributed by atoms with E-state index in [-0.39, 0.29) is 6.04 Å². The minimum atomic E-state index is 0.0110. The highest BCUT2D eigenvalue weighted by atomic mass is 15.1. The van der Waals surface area contributed by atoms with Crippen LogP contribution in [-0.4, -0.2) is 9.55 Å². The van der Waals surface area contributed by atoms with Crippen molar-refractivity contribution in [2.24, 2.45) is 7.05 Å². The number of anilines is 1. The number of fused-ring (bicyclic) bond motifs is 1. The highest BCUT2D eigenvalue weighted by Gasteiger charge is 2.15. The molecule has 1 aromatic heterocycles. The largest absolute Gasteiger partial charge is 0.374 e. The van der Waals surface area contributed by atoms with Crippen molar-refractivity contribution in [1.82, 2.24) is 9.55 Å². The summed E-state index contributed by atoms with van der Waals surface area (Å²) in [6.45, 7) is 2.05. The number of benzene rings is 2. The Hall–Kier alpha value is -2.80. The molecule has 1 N–H and O–H groups in total. The lowest BCUT2D eigenvalue weighted by atomic mass is 10.1. The normalized spacial score (nSPS) is 12.0. The van der Waals surface area contributed by atoms with Crippen molar-refractivity contribution in [1.29, 1.82) is 5.26 Å². The Balaban J connectivity index is 1.96. The van der Waals surface area contributed by atoms with Crippen molar-refractivity contribution in [3.8, 4) is 6.07 Å². The summed E-state index contributed by atoms with van der Waals surface area (Å²) >= 11 is 0. The standard InChI is InChI=1S/C17H16N4/c1-12(19-14-8-4-3-7-13(14)11-18)17-20-15-9-5-6-10-16(15)21(17)2/h3-10,12,19H,1-2H3. The van der Waals surface area contributed by atoms with Crippen LogP contribution in [0.15, 0.2) is 48.5 Å². The highest BCUT2D eigenvalue weighted by Crippen LogP contribution is 2.24. The summed E-state index contributed by atoms with van der Waals surface area (Å²) in [7, 11) is 2.01. The van der Waals surface area contributed by atoms with Gasteiger partial charge in [0.05, 0.1) is 28.3 Å². The zero-order valence-corrected chi connectivity index (χ0v) is 12.0. The summed E-state index contributed by atoms with van der Waals surface area (Å²) in [4.78, 5) is 4.68. The van der Waals surface area contributed by atoms with Gasteiger partial charge in [0.15, 0.2) is 0 Å². The minimum absolute atomic E-state index is 0.0110. The molecule has 0 aliphatic rings. The Kier molecular flexibility index (Phi) is 3.33. The Morgan fingerprint density at radius 1 is 1.14 bits per heavy atom. The van der Waals surface area contributed by atoms with Gasteiger partial charge >= 0.3 is 0 Å². The molecule has 0 fully saturated rings. The maximum absolute atomic E-state index is 9.16. The van der Waals surface area contributed by atoms with Gasteiger partial charge < -0.3 is 9.88 Å². The number of nitriles is 1. The first-order valence-electron chi connectivity index (χ1n) is 6.87. The summed E-state index contributed by atoms with van der Waals surface area (Å²) in [6, 6.07) is 17.8. The van der Waals surface area contributed by atoms with Gasteiger partial charge in [-0.3, -0.25) is 0 Å². The van der Waals surface area contributed by atoms with Crippen LogP contribution in [0, 0.1) is 11.3 Å². The number of aryl methyl sites for hydroxylation is 1. The molecule has 0 radical (unpaired) electrons. The van der Waals surface area contributed by atoms with E-state index in [0.717, 1.165) is 22.5 Å². The Morgan fingerprint density at radius 3 is 2.62 bits per heavy atom. The summed E-state index contributed by atoms with van der Waals surface area (Å²) in [6.07, 6.45) is 0. The third-order valence-corrected chi connectivity index (χ3v) is 3.63. The molecule has 3 rings (SSSR count). The van der Waals surface area contributed by atoms with Gasteiger partial charge in [-0.05, 0) is 31.2 Å². The molecule has 1 heterocycles. The smallest absolute Gasteiger partial charge is 0.131 e. The lowest BCUT2D eigenvalue weighted by Crippen LogP contribution is -2.12. The molecular weight excluding hydrogens is 260 g/mol. The quantitative estimate of drug-likeness (QED) is 0.795. The molecule has 1 atom stereocenters. The summed E-state index contributed by atoms with van der Waals surface area (Å²) in [5.41, 5.74) is 3.56. The third kappa shape index (κ3) is 2.34. The molecule has 0 amide bonds. The Morgan fingerprint density at radius 2 is 1.86 bits per heavy atom. The van der Waals surface area contributed by atoms with Crippen LogP contribution < -0.4 is 5.32 Å². The van der Waals surface area contributed by atoms with E-state index in [9.17, 15) is 0 Å². The SMILES string of the molecule is CC(Nc1ccccc1C#N)c1nc2ccccc2n1C. The first-order valence-corrected chi connectivity index (χ1v) is 6.87. The van der Waals surface area contributed by atoms with Gasteiger partial charge in [-0.25, -0.2) is 4.98 Å². The molecule has 2 aromatic carbocycles. The zero-order valence-electron chi connectivity index (χ0n) is 12.0. The second-order valence-electron chi connectivity index (χ2n) is 5.04. The molecular formula is C17H16N4. The van der Waals surface area contributed by atoms with Gasteiger partial charge in [0.25, 0.3) is 0 Å². The monoisotopic (exact) mass is 276 g/mol. The first-order chi connectivity index (χ1) is 10.2. The van der Waals surface area contributed by atoms with Crippen LogP contribution in [0.1, 0.15) is 24.4 Å². The fraction of sp³-hybridized carbons (Fsp3) is 0.176. The molecule has 0 aliphatic carbocycles. The lowest BCUT2D eigenvalue weighted by Gasteiger charge is -2.16. The van der Waals surface area contributed by atoms with E-state index in [1.54, 1.807) is 0 Å². The van der Waals surface area contributed by atoms with Crippen LogP contribution in [-0.2, 0) is 7.05 Å². The number of hydrogen-bond donors (Lipinski definition) is 1. The van der Waals surface area contributed by atoms with Gasteiger partial charge in [-0.15, -0.1) is 0 Å². The zero-order chi connectivity index (χ0) is 14.8. The summed E-state index contributed by atoms with van der Waals surface area (Å²) in [5.74, 6) is 0.948. The highest BCUT2D eigenvalue weighted by molar-refractivity contribution is 5.76. The summed E-state index contributed by atoms with van der Waals surface area (Å²) in [5, 5.41) is 12.5. The van der Waals surface area contributed by atoms with E-state index < -0.39 is 0 Å². The average molecular weight is 276 g/mol. The Labute approximate surface area is 123 Å². The van der Waals surface area contributed by atoms with E-state index >= 15 is 0 Å². The van der Waals surface area contributed by atoms with E-state index in [1.165, 1.54) is 0 Å². The number of nitrogens with one attached hydrogen (secondary N) is 1. The number of rotatable bonds is 3. The second kappa shape index (κ2) is 5.29. The molecule has 0 saturated carbocycles. The van der Waals surface area contributed by atoms with Gasteiger partial charge in [-0.2, -0.15) is 5.26 Å².